The summed E-state index contributed by atoms with van der Waals surface area (Å²) in [6.07, 6.45) is -21.4. The van der Waals surface area contributed by atoms with Gasteiger partial charge in [-0.2, -0.15) is 0 Å². The maximum absolute atomic E-state index is 16.1. The molecule has 5 heterocycles. The largest absolute Gasteiger partial charge is 0.459 e. The Morgan fingerprint density at radius 2 is 0.729 bits per heavy atom. The van der Waals surface area contributed by atoms with Crippen LogP contribution in [0, 0.1) is 52.3 Å². The van der Waals surface area contributed by atoms with Crippen LogP contribution in [0.5, 0.6) is 0 Å². The molecule has 5 saturated heterocycles. The first-order valence-corrected chi connectivity index (χ1v) is 46.5. The zero-order chi connectivity index (χ0) is 92.1. The highest BCUT2D eigenvalue weighted by Gasteiger charge is 2.70. The van der Waals surface area contributed by atoms with Gasteiger partial charge in [0.25, 0.3) is 0 Å². The van der Waals surface area contributed by atoms with Gasteiger partial charge in [0.05, 0.1) is 88.2 Å². The fourth-order valence-corrected chi connectivity index (χ4v) is 22.6. The summed E-state index contributed by atoms with van der Waals surface area (Å²) in [5, 5.41) is 0. The third-order valence-corrected chi connectivity index (χ3v) is 29.3. The second kappa shape index (κ2) is 40.3. The van der Waals surface area contributed by atoms with Crippen molar-refractivity contribution in [3.8, 4) is 0 Å². The molecule has 4 aliphatic carbocycles. The Labute approximate surface area is 773 Å². The third kappa shape index (κ3) is 19.6. The minimum atomic E-state index is -2.03. The number of rotatable bonds is 26. The number of ether oxygens (including phenoxy) is 17. The van der Waals surface area contributed by atoms with Gasteiger partial charge in [-0.05, 0) is 214 Å². The number of esters is 8. The van der Waals surface area contributed by atoms with E-state index < -0.39 is 164 Å². The van der Waals surface area contributed by atoms with Crippen LogP contribution in [0.2, 0.25) is 0 Å². The van der Waals surface area contributed by atoms with Crippen molar-refractivity contribution in [1.29, 1.82) is 0 Å². The van der Waals surface area contributed by atoms with Crippen molar-refractivity contribution < 1.29 is 119 Å². The molecule has 133 heavy (non-hydrogen) atoms. The molecule has 0 aromatic heterocycles. The summed E-state index contributed by atoms with van der Waals surface area (Å²) in [6.45, 7) is 12.7. The Morgan fingerprint density at radius 1 is 0.353 bits per heavy atom. The summed E-state index contributed by atoms with van der Waals surface area (Å²) in [7, 11) is 0. The molecule has 4 saturated carbocycles. The Kier molecular flexibility index (Phi) is 27.8. The topological polar surface area (TPSA) is 293 Å². The molecule has 18 rings (SSSR count). The van der Waals surface area contributed by atoms with Crippen LogP contribution in [-0.2, 0) is 87.1 Å². The Hall–Kier alpha value is -11.6. The van der Waals surface area contributed by atoms with Gasteiger partial charge in [0, 0.05) is 12.3 Å². The van der Waals surface area contributed by atoms with Crippen LogP contribution in [0.4, 0.5) is 0 Å². The van der Waals surface area contributed by atoms with Crippen LogP contribution in [-0.4, -0.2) is 177 Å². The summed E-state index contributed by atoms with van der Waals surface area (Å²) in [5.41, 5.74) is 0.994. The smallest absolute Gasteiger partial charge is 0.338 e. The molecular weight excluding hydrogens is 1700 g/mol. The van der Waals surface area contributed by atoms with Gasteiger partial charge in [-0.1, -0.05) is 204 Å². The van der Waals surface area contributed by atoms with E-state index in [2.05, 4.69) is 27.7 Å². The highest BCUT2D eigenvalue weighted by Crippen LogP contribution is 2.72. The van der Waals surface area contributed by atoms with Crippen molar-refractivity contribution in [3.05, 3.63) is 323 Å². The number of hydrogen-bond donors (Lipinski definition) is 0. The van der Waals surface area contributed by atoms with Crippen molar-refractivity contribution in [3.63, 3.8) is 0 Å². The number of carbonyl (C=O) groups excluding carboxylic acids is 8. The van der Waals surface area contributed by atoms with E-state index in [0.29, 0.717) is 43.1 Å². The maximum atomic E-state index is 16.1. The SMILES string of the molecule is C[C@@H]1CC[C@@]2(OC1)O[C@H]1C[C@H]3[C@@H]4CC[C@H]5C[C@@H](O[C@@H]6O[C@H](COC(=O)c7ccccc7)[C@H](O[C@@H]7O[C@@H](C)[C@H](OC(=O)c8ccccc8)[C@@H](OC(=O)c8ccccc8)[C@H]7OC(=O)c7ccccc7)[C@H](OC(=O)c7ccccc7)[C@H]6O[C@@H]6O[C@@H](C)[C@H](OC(=O)c7ccccc7)[C@@H](OC(=O)c7ccccc7)[C@H]6OC(=O)c6ccccc6)[C@H](OCc6ccccc6)C[C@]5(C)[C@H]4CC[C@]3(C)[C@H]1[C@@H]2C. The molecule has 25 nitrogen and oxygen atoms in total. The van der Waals surface area contributed by atoms with Gasteiger partial charge in [0.1, 0.15) is 18.8 Å². The lowest BCUT2D eigenvalue weighted by atomic mass is 9.44. The van der Waals surface area contributed by atoms with Gasteiger partial charge < -0.3 is 80.5 Å². The lowest BCUT2D eigenvalue weighted by Gasteiger charge is -2.62. The lowest BCUT2D eigenvalue weighted by Crippen LogP contribution is -2.69. The molecule has 9 aromatic carbocycles. The van der Waals surface area contributed by atoms with E-state index in [9.17, 15) is 14.4 Å². The molecule has 9 aliphatic rings. The van der Waals surface area contributed by atoms with Gasteiger partial charge >= 0.3 is 47.8 Å². The van der Waals surface area contributed by atoms with E-state index in [1.165, 1.54) is 91.9 Å². The minimum Gasteiger partial charge on any atom is -0.459 e. The first-order valence-electron chi connectivity index (χ1n) is 46.5. The number of fused-ring (bicyclic) bond motifs is 7. The molecule has 0 radical (unpaired) electrons. The van der Waals surface area contributed by atoms with Crippen molar-refractivity contribution in [1.82, 2.24) is 0 Å². The van der Waals surface area contributed by atoms with Crippen LogP contribution >= 0.6 is 0 Å². The van der Waals surface area contributed by atoms with Crippen LogP contribution in [0.1, 0.15) is 188 Å². The highest BCUT2D eigenvalue weighted by atomic mass is 16.8. The van der Waals surface area contributed by atoms with Gasteiger partial charge in [-0.15, -0.1) is 0 Å². The number of hydrogen-bond acceptors (Lipinski definition) is 25. The van der Waals surface area contributed by atoms with Crippen molar-refractivity contribution in [2.24, 2.45) is 52.3 Å². The molecule has 0 N–H and O–H groups in total. The van der Waals surface area contributed by atoms with Gasteiger partial charge in [-0.3, -0.25) is 0 Å². The zero-order valence-electron chi connectivity index (χ0n) is 75.1. The molecule has 9 fully saturated rings. The second-order valence-corrected chi connectivity index (χ2v) is 37.4. The predicted molar refractivity (Wildman–Crippen MR) is 480 cm³/mol. The monoisotopic (exact) mass is 1810 g/mol. The fourth-order valence-electron chi connectivity index (χ4n) is 22.6. The van der Waals surface area contributed by atoms with E-state index >= 15 is 24.0 Å². The summed E-state index contributed by atoms with van der Waals surface area (Å²) >= 11 is 0. The van der Waals surface area contributed by atoms with Crippen LogP contribution in [0.25, 0.3) is 0 Å². The normalized spacial score (nSPS) is 33.6. The van der Waals surface area contributed by atoms with Crippen molar-refractivity contribution in [2.75, 3.05) is 13.2 Å². The van der Waals surface area contributed by atoms with E-state index in [1.54, 1.807) is 165 Å². The predicted octanol–water partition coefficient (Wildman–Crippen LogP) is 17.4. The van der Waals surface area contributed by atoms with Crippen LogP contribution < -0.4 is 0 Å². The molecule has 28 atom stereocenters. The van der Waals surface area contributed by atoms with Crippen LogP contribution in [0.3, 0.4) is 0 Å². The molecule has 9 aromatic rings. The van der Waals surface area contributed by atoms with E-state index in [1.807, 2.05) is 30.3 Å². The Bertz CT molecular complexity index is 5490. The molecule has 694 valence electrons. The standard InChI is InChI=1S/C108H112O25/c1-64-54-57-108(119-61-64)65(2)85-82(133-108)59-80-78-53-52-77-58-81(83(117-62-68-34-16-7-17-35-68)60-107(77,6)79(78)55-56-106(80,85)5)122-105-94(132-104-93(130-102(116)76-50-32-15-33-51-76)90(127-99(113)73-44-26-12-27-45-73)87(67(4)121-104)125-97(111)71-40-22-10-23-41-71)91(128-100(114)74-46-28-13-29-47-74)88(84(123-105)63-118-95(109)69-36-18-8-19-37-69)131-103-92(129-101(115)75-48-30-14-31-49-75)89(126-98(112)72-42-24-11-25-43-72)86(66(3)120-103)124-96(110)70-38-20-9-21-39-70/h7-51,64-67,77-94,103-105H,52-63H2,1-6H3/t64-,65+,66+,67+,77+,78-,79+,80+,81-,82+,83-,84-,85+,86+,87+,88+,89-,90-,91+,92-,93-,94-,103+,104+,105-,106+,107+,108-/m1/s1. The molecule has 0 amide bonds. The molecule has 0 bridgehead atoms. The maximum Gasteiger partial charge on any atom is 0.338 e. The molecular formula is C108H112O25. The van der Waals surface area contributed by atoms with Gasteiger partial charge in [0.2, 0.25) is 0 Å². The van der Waals surface area contributed by atoms with Gasteiger partial charge in [0.15, 0.2) is 73.5 Å². The second-order valence-electron chi connectivity index (χ2n) is 37.4. The van der Waals surface area contributed by atoms with E-state index in [-0.39, 0.29) is 85.8 Å². The Morgan fingerprint density at radius 3 is 1.14 bits per heavy atom. The fraction of sp³-hybridized carbons (Fsp3) is 0.426. The summed E-state index contributed by atoms with van der Waals surface area (Å²) in [4.78, 5) is 121. The van der Waals surface area contributed by atoms with E-state index in [4.69, 9.17) is 80.5 Å². The average Bonchev–Trinajstić information content (AvgIpc) is 1.53. The number of benzene rings is 9. The average molecular weight is 1810 g/mol. The number of carbonyl (C=O) groups is 8. The van der Waals surface area contributed by atoms with Crippen molar-refractivity contribution >= 4 is 47.8 Å². The first-order chi connectivity index (χ1) is 64.6. The summed E-state index contributed by atoms with van der Waals surface area (Å²) < 4.78 is 119. The van der Waals surface area contributed by atoms with Crippen LogP contribution in [0.15, 0.2) is 273 Å². The third-order valence-electron chi connectivity index (χ3n) is 29.3. The lowest BCUT2D eigenvalue weighted by molar-refractivity contribution is -0.390. The zero-order valence-corrected chi connectivity index (χ0v) is 75.1. The first kappa shape index (κ1) is 91.9. The molecule has 1 spiro atoms. The van der Waals surface area contributed by atoms with Crippen molar-refractivity contribution in [2.45, 2.75) is 222 Å². The summed E-state index contributed by atoms with van der Waals surface area (Å²) in [6, 6.07) is 74.0. The molecule has 25 heteroatoms. The quantitative estimate of drug-likeness (QED) is 0.0276. The van der Waals surface area contributed by atoms with Gasteiger partial charge in [-0.25, -0.2) is 38.4 Å². The molecule has 0 unspecified atom stereocenters. The molecule has 5 aliphatic heterocycles. The minimum absolute atomic E-state index is 0.00315. The summed E-state index contributed by atoms with van der Waals surface area (Å²) in [5.74, 6) is -6.08. The van der Waals surface area contributed by atoms with E-state index in [0.717, 1.165) is 50.5 Å². The Balaban J connectivity index is 0.791. The highest BCUT2D eigenvalue weighted by molar-refractivity contribution is 5.94.